The van der Waals surface area contributed by atoms with E-state index in [-0.39, 0.29) is 12.1 Å². The summed E-state index contributed by atoms with van der Waals surface area (Å²) in [4.78, 5) is 28.4. The maximum atomic E-state index is 12.6. The second kappa shape index (κ2) is 7.99. The summed E-state index contributed by atoms with van der Waals surface area (Å²) in [5, 5.41) is 9.90. The summed E-state index contributed by atoms with van der Waals surface area (Å²) in [5.74, 6) is -0.468. The smallest absolute Gasteiger partial charge is 0.316 e. The molecule has 0 spiro atoms. The fourth-order valence-electron chi connectivity index (χ4n) is 3.44. The number of amides is 3. The SMILES string of the molecule is NC(=O)C1(NC(=O)N[C@@H](CCn2cncn2)c2ccccc2)CCCC1. The number of aryl methyl sites for hydroxylation is 1. The van der Waals surface area contributed by atoms with Crippen LogP contribution in [0, 0.1) is 0 Å². The molecule has 138 valence electrons. The van der Waals surface area contributed by atoms with E-state index in [0.29, 0.717) is 25.8 Å². The quantitative estimate of drug-likeness (QED) is 0.697. The fourth-order valence-corrected chi connectivity index (χ4v) is 3.44. The first kappa shape index (κ1) is 17.9. The first-order valence-electron chi connectivity index (χ1n) is 8.85. The molecule has 8 heteroatoms. The molecule has 26 heavy (non-hydrogen) atoms. The van der Waals surface area contributed by atoms with Crippen LogP contribution in [0.25, 0.3) is 0 Å². The summed E-state index contributed by atoms with van der Waals surface area (Å²) in [6.45, 7) is 0.612. The predicted molar refractivity (Wildman–Crippen MR) is 95.9 cm³/mol. The van der Waals surface area contributed by atoms with Gasteiger partial charge in [0.2, 0.25) is 5.91 Å². The van der Waals surface area contributed by atoms with Crippen LogP contribution >= 0.6 is 0 Å². The summed E-state index contributed by atoms with van der Waals surface area (Å²) in [7, 11) is 0. The lowest BCUT2D eigenvalue weighted by Crippen LogP contribution is -2.58. The number of primary amides is 1. The van der Waals surface area contributed by atoms with E-state index in [9.17, 15) is 9.59 Å². The molecule has 1 saturated carbocycles. The maximum absolute atomic E-state index is 12.6. The minimum absolute atomic E-state index is 0.216. The number of rotatable bonds is 7. The minimum Gasteiger partial charge on any atom is -0.368 e. The van der Waals surface area contributed by atoms with Gasteiger partial charge in [-0.3, -0.25) is 9.48 Å². The lowest BCUT2D eigenvalue weighted by Gasteiger charge is -2.28. The van der Waals surface area contributed by atoms with Crippen LogP contribution in [-0.2, 0) is 11.3 Å². The van der Waals surface area contributed by atoms with Crippen molar-refractivity contribution in [3.05, 3.63) is 48.5 Å². The van der Waals surface area contributed by atoms with Crippen molar-refractivity contribution < 1.29 is 9.59 Å². The predicted octanol–water partition coefficient (Wildman–Crippen LogP) is 1.51. The normalized spacial score (nSPS) is 16.8. The van der Waals surface area contributed by atoms with Gasteiger partial charge < -0.3 is 16.4 Å². The Labute approximate surface area is 152 Å². The van der Waals surface area contributed by atoms with E-state index < -0.39 is 11.4 Å². The monoisotopic (exact) mass is 356 g/mol. The molecule has 1 atom stereocenters. The van der Waals surface area contributed by atoms with Crippen LogP contribution < -0.4 is 16.4 Å². The zero-order valence-electron chi connectivity index (χ0n) is 14.6. The van der Waals surface area contributed by atoms with Crippen LogP contribution in [0.3, 0.4) is 0 Å². The van der Waals surface area contributed by atoms with Gasteiger partial charge in [0.1, 0.15) is 18.2 Å². The van der Waals surface area contributed by atoms with Gasteiger partial charge in [-0.05, 0) is 24.8 Å². The highest BCUT2D eigenvalue weighted by molar-refractivity contribution is 5.90. The van der Waals surface area contributed by atoms with E-state index in [1.54, 1.807) is 11.0 Å². The van der Waals surface area contributed by atoms with Gasteiger partial charge in [-0.15, -0.1) is 0 Å². The molecule has 1 fully saturated rings. The van der Waals surface area contributed by atoms with Crippen molar-refractivity contribution >= 4 is 11.9 Å². The Morgan fingerprint density at radius 1 is 1.23 bits per heavy atom. The fraction of sp³-hybridized carbons (Fsp3) is 0.444. The number of nitrogens with zero attached hydrogens (tertiary/aromatic N) is 3. The Morgan fingerprint density at radius 3 is 2.58 bits per heavy atom. The number of aromatic nitrogens is 3. The molecular formula is C18H24N6O2. The second-order valence-corrected chi connectivity index (χ2v) is 6.66. The zero-order chi connectivity index (χ0) is 18.4. The van der Waals surface area contributed by atoms with Crippen LogP contribution in [0.2, 0.25) is 0 Å². The summed E-state index contributed by atoms with van der Waals surface area (Å²) in [6, 6.07) is 9.12. The number of carbonyl (C=O) groups excluding carboxylic acids is 2. The first-order chi connectivity index (χ1) is 12.6. The average Bonchev–Trinajstić information content (AvgIpc) is 3.32. The van der Waals surface area contributed by atoms with E-state index in [4.69, 9.17) is 5.73 Å². The molecule has 0 bridgehead atoms. The van der Waals surface area contributed by atoms with Gasteiger partial charge in [-0.25, -0.2) is 9.78 Å². The highest BCUT2D eigenvalue weighted by Gasteiger charge is 2.41. The Kier molecular flexibility index (Phi) is 5.50. The lowest BCUT2D eigenvalue weighted by atomic mass is 9.97. The van der Waals surface area contributed by atoms with Crippen LogP contribution in [-0.4, -0.2) is 32.2 Å². The molecule has 1 aliphatic rings. The number of nitrogens with two attached hydrogens (primary N) is 1. The van der Waals surface area contributed by atoms with Gasteiger partial charge in [0.25, 0.3) is 0 Å². The van der Waals surface area contributed by atoms with Crippen molar-refractivity contribution in [3.8, 4) is 0 Å². The van der Waals surface area contributed by atoms with E-state index in [1.807, 2.05) is 30.3 Å². The highest BCUT2D eigenvalue weighted by Crippen LogP contribution is 2.29. The molecule has 1 heterocycles. The molecule has 8 nitrogen and oxygen atoms in total. The van der Waals surface area contributed by atoms with Crippen LogP contribution in [0.15, 0.2) is 43.0 Å². The molecule has 1 aliphatic carbocycles. The van der Waals surface area contributed by atoms with Crippen LogP contribution in [0.1, 0.15) is 43.7 Å². The van der Waals surface area contributed by atoms with Gasteiger partial charge in [-0.1, -0.05) is 43.2 Å². The average molecular weight is 356 g/mol. The molecule has 1 aromatic carbocycles. The summed E-state index contributed by atoms with van der Waals surface area (Å²) in [5.41, 5.74) is 5.60. The van der Waals surface area contributed by atoms with Gasteiger partial charge in [0, 0.05) is 6.54 Å². The summed E-state index contributed by atoms with van der Waals surface area (Å²) < 4.78 is 1.72. The molecule has 0 saturated heterocycles. The van der Waals surface area contributed by atoms with Crippen LogP contribution in [0.4, 0.5) is 4.79 Å². The van der Waals surface area contributed by atoms with Crippen molar-refractivity contribution in [3.63, 3.8) is 0 Å². The van der Waals surface area contributed by atoms with E-state index >= 15 is 0 Å². The van der Waals surface area contributed by atoms with Gasteiger partial charge >= 0.3 is 6.03 Å². The van der Waals surface area contributed by atoms with Crippen LogP contribution in [0.5, 0.6) is 0 Å². The van der Waals surface area contributed by atoms with Crippen molar-refractivity contribution in [2.75, 3.05) is 0 Å². The number of nitrogens with one attached hydrogen (secondary N) is 2. The largest absolute Gasteiger partial charge is 0.368 e. The molecule has 1 aromatic heterocycles. The topological polar surface area (TPSA) is 115 Å². The molecule has 0 radical (unpaired) electrons. The van der Waals surface area contributed by atoms with Gasteiger partial charge in [-0.2, -0.15) is 5.10 Å². The van der Waals surface area contributed by atoms with E-state index in [1.165, 1.54) is 6.33 Å². The Balaban J connectivity index is 1.68. The summed E-state index contributed by atoms with van der Waals surface area (Å²) >= 11 is 0. The molecule has 2 aromatic rings. The van der Waals surface area contributed by atoms with E-state index in [0.717, 1.165) is 18.4 Å². The van der Waals surface area contributed by atoms with Gasteiger partial charge in [0.05, 0.1) is 6.04 Å². The van der Waals surface area contributed by atoms with Crippen molar-refractivity contribution in [1.29, 1.82) is 0 Å². The lowest BCUT2D eigenvalue weighted by molar-refractivity contribution is -0.123. The van der Waals surface area contributed by atoms with Crippen molar-refractivity contribution in [2.45, 2.75) is 50.2 Å². The third kappa shape index (κ3) is 4.19. The minimum atomic E-state index is -0.933. The summed E-state index contributed by atoms with van der Waals surface area (Å²) in [6.07, 6.45) is 6.71. The molecule has 4 N–H and O–H groups in total. The number of benzene rings is 1. The molecule has 0 aliphatic heterocycles. The molecule has 0 unspecified atom stereocenters. The Hall–Kier alpha value is -2.90. The Morgan fingerprint density at radius 2 is 1.96 bits per heavy atom. The first-order valence-corrected chi connectivity index (χ1v) is 8.85. The maximum Gasteiger partial charge on any atom is 0.316 e. The third-order valence-corrected chi connectivity index (χ3v) is 4.90. The standard InChI is InChI=1S/C18H24N6O2/c19-16(25)18(9-4-5-10-18)23-17(26)22-15(14-6-2-1-3-7-14)8-11-24-13-20-12-21-24/h1-3,6-7,12-13,15H,4-5,8-11H2,(H2,19,25)(H2,22,23,26)/t15-/m0/s1. The van der Waals surface area contributed by atoms with E-state index in [2.05, 4.69) is 20.7 Å². The van der Waals surface area contributed by atoms with Crippen molar-refractivity contribution in [1.82, 2.24) is 25.4 Å². The molecule has 3 amide bonds. The number of hydrogen-bond acceptors (Lipinski definition) is 4. The zero-order valence-corrected chi connectivity index (χ0v) is 14.6. The molecule has 3 rings (SSSR count). The van der Waals surface area contributed by atoms with Gasteiger partial charge in [0.15, 0.2) is 0 Å². The number of hydrogen-bond donors (Lipinski definition) is 3. The van der Waals surface area contributed by atoms with Crippen molar-refractivity contribution in [2.24, 2.45) is 5.73 Å². The highest BCUT2D eigenvalue weighted by atomic mass is 16.2. The molecular weight excluding hydrogens is 332 g/mol. The number of urea groups is 1. The third-order valence-electron chi connectivity index (χ3n) is 4.90. The number of carbonyl (C=O) groups is 2. The Bertz CT molecular complexity index is 725. The second-order valence-electron chi connectivity index (χ2n) is 6.66.